The fourth-order valence-electron chi connectivity index (χ4n) is 2.41. The Morgan fingerprint density at radius 1 is 1.30 bits per heavy atom. The molecule has 2 N–H and O–H groups in total. The maximum atomic E-state index is 13.1. The van der Waals surface area contributed by atoms with E-state index < -0.39 is 0 Å². The number of benzene rings is 1. The minimum atomic E-state index is -0.190. The van der Waals surface area contributed by atoms with Crippen molar-refractivity contribution in [1.29, 1.82) is 0 Å². The highest BCUT2D eigenvalue weighted by atomic mass is 19.1. The van der Waals surface area contributed by atoms with Crippen molar-refractivity contribution >= 4 is 5.96 Å². The lowest BCUT2D eigenvalue weighted by molar-refractivity contribution is 0.0205. The van der Waals surface area contributed by atoms with E-state index in [0.717, 1.165) is 30.1 Å². The zero-order valence-electron chi connectivity index (χ0n) is 15.2. The molecule has 0 aromatic heterocycles. The topological polar surface area (TPSA) is 45.7 Å². The Kier molecular flexibility index (Phi) is 7.49. The van der Waals surface area contributed by atoms with Crippen LogP contribution in [-0.2, 0) is 11.2 Å². The van der Waals surface area contributed by atoms with E-state index in [1.165, 1.54) is 6.07 Å². The third-order valence-corrected chi connectivity index (χ3v) is 3.92. The fraction of sp³-hybridized carbons (Fsp3) is 0.611. The van der Waals surface area contributed by atoms with Crippen LogP contribution in [0.1, 0.15) is 31.9 Å². The van der Waals surface area contributed by atoms with Crippen LogP contribution in [0.15, 0.2) is 23.2 Å². The highest BCUT2D eigenvalue weighted by Gasteiger charge is 2.24. The summed E-state index contributed by atoms with van der Waals surface area (Å²) in [4.78, 5) is 4.22. The van der Waals surface area contributed by atoms with E-state index in [4.69, 9.17) is 4.74 Å². The van der Waals surface area contributed by atoms with Crippen LogP contribution in [-0.4, -0.2) is 39.3 Å². The van der Waals surface area contributed by atoms with E-state index in [2.05, 4.69) is 36.4 Å². The van der Waals surface area contributed by atoms with Gasteiger partial charge < -0.3 is 15.4 Å². The molecule has 0 amide bonds. The van der Waals surface area contributed by atoms with Crippen molar-refractivity contribution in [2.24, 2.45) is 10.4 Å². The van der Waals surface area contributed by atoms with Crippen molar-refractivity contribution in [3.05, 3.63) is 35.1 Å². The van der Waals surface area contributed by atoms with Crippen LogP contribution in [0.4, 0.5) is 4.39 Å². The summed E-state index contributed by atoms with van der Waals surface area (Å²) in [7, 11) is 3.47. The van der Waals surface area contributed by atoms with Gasteiger partial charge in [-0.15, -0.1) is 0 Å². The van der Waals surface area contributed by atoms with E-state index in [-0.39, 0.29) is 17.3 Å². The molecule has 0 aliphatic rings. The second kappa shape index (κ2) is 8.87. The van der Waals surface area contributed by atoms with Crippen LogP contribution in [0, 0.1) is 18.2 Å². The molecule has 0 spiro atoms. The second-order valence-corrected chi connectivity index (χ2v) is 6.79. The maximum absolute atomic E-state index is 13.1. The Hall–Kier alpha value is -1.62. The molecule has 0 aliphatic heterocycles. The first-order valence-electron chi connectivity index (χ1n) is 8.00. The molecule has 0 radical (unpaired) electrons. The fourth-order valence-corrected chi connectivity index (χ4v) is 2.41. The van der Waals surface area contributed by atoms with Gasteiger partial charge in [-0.3, -0.25) is 4.99 Å². The Labute approximate surface area is 139 Å². The van der Waals surface area contributed by atoms with E-state index in [9.17, 15) is 4.39 Å². The van der Waals surface area contributed by atoms with Crippen LogP contribution in [0.2, 0.25) is 0 Å². The van der Waals surface area contributed by atoms with Gasteiger partial charge in [-0.1, -0.05) is 26.8 Å². The van der Waals surface area contributed by atoms with Gasteiger partial charge in [-0.05, 0) is 42.0 Å². The molecule has 5 heteroatoms. The predicted octanol–water partition coefficient (Wildman–Crippen LogP) is 2.90. The van der Waals surface area contributed by atoms with E-state index in [1.807, 2.05) is 13.0 Å². The summed E-state index contributed by atoms with van der Waals surface area (Å²) in [5, 5.41) is 6.57. The van der Waals surface area contributed by atoms with Gasteiger partial charge in [0.2, 0.25) is 0 Å². The number of hydrogen-bond acceptors (Lipinski definition) is 2. The molecule has 0 heterocycles. The predicted molar refractivity (Wildman–Crippen MR) is 94.5 cm³/mol. The quantitative estimate of drug-likeness (QED) is 0.625. The number of hydrogen-bond donors (Lipinski definition) is 2. The third-order valence-electron chi connectivity index (χ3n) is 3.92. The van der Waals surface area contributed by atoms with Crippen molar-refractivity contribution in [3.8, 4) is 0 Å². The molecule has 23 heavy (non-hydrogen) atoms. The van der Waals surface area contributed by atoms with Crippen LogP contribution < -0.4 is 10.6 Å². The molecule has 1 atom stereocenters. The van der Waals surface area contributed by atoms with E-state index in [1.54, 1.807) is 20.2 Å². The lowest BCUT2D eigenvalue weighted by Crippen LogP contribution is -2.45. The maximum Gasteiger partial charge on any atom is 0.191 e. The molecule has 1 aromatic carbocycles. The molecule has 4 nitrogen and oxygen atoms in total. The number of aliphatic imine (C=N–C) groups is 1. The van der Waals surface area contributed by atoms with E-state index in [0.29, 0.717) is 6.54 Å². The molecular formula is C18H30FN3O. The van der Waals surface area contributed by atoms with Crippen LogP contribution >= 0.6 is 0 Å². The molecule has 0 fully saturated rings. The summed E-state index contributed by atoms with van der Waals surface area (Å²) in [5.41, 5.74) is 2.17. The first-order valence-corrected chi connectivity index (χ1v) is 8.00. The lowest BCUT2D eigenvalue weighted by atomic mass is 9.89. The average Bonchev–Trinajstić information content (AvgIpc) is 2.46. The second-order valence-electron chi connectivity index (χ2n) is 6.79. The molecule has 0 bridgehead atoms. The highest BCUT2D eigenvalue weighted by molar-refractivity contribution is 5.79. The number of nitrogens with zero attached hydrogens (tertiary/aromatic N) is 1. The highest BCUT2D eigenvalue weighted by Crippen LogP contribution is 2.20. The smallest absolute Gasteiger partial charge is 0.191 e. The van der Waals surface area contributed by atoms with Crippen LogP contribution in [0.3, 0.4) is 0 Å². The number of aryl methyl sites for hydroxylation is 1. The molecule has 0 saturated heterocycles. The summed E-state index contributed by atoms with van der Waals surface area (Å²) < 4.78 is 18.6. The minimum Gasteiger partial charge on any atom is -0.379 e. The number of ether oxygens (including phenoxy) is 1. The molecule has 0 aliphatic carbocycles. The summed E-state index contributed by atoms with van der Waals surface area (Å²) in [6, 6.07) is 4.90. The van der Waals surface area contributed by atoms with Crippen molar-refractivity contribution in [3.63, 3.8) is 0 Å². The van der Waals surface area contributed by atoms with Gasteiger partial charge >= 0.3 is 0 Å². The number of methoxy groups -OCH3 is 1. The van der Waals surface area contributed by atoms with Gasteiger partial charge in [0.25, 0.3) is 0 Å². The standard InChI is InChI=1S/C18H30FN3O/c1-13-11-15(19)8-7-14(13)9-10-21-17(20-5)22-12-16(23-6)18(2,3)4/h7-8,11,16H,9-10,12H2,1-6H3,(H2,20,21,22). The minimum absolute atomic E-state index is 0.0613. The molecule has 130 valence electrons. The molecule has 1 rings (SSSR count). The van der Waals surface area contributed by atoms with Crippen molar-refractivity contribution < 1.29 is 9.13 Å². The molecule has 1 aromatic rings. The molecule has 1 unspecified atom stereocenters. The number of guanidine groups is 1. The van der Waals surface area contributed by atoms with Gasteiger partial charge in [0.05, 0.1) is 6.10 Å². The van der Waals surface area contributed by atoms with Crippen molar-refractivity contribution in [2.45, 2.75) is 40.2 Å². The van der Waals surface area contributed by atoms with Gasteiger partial charge in [0.15, 0.2) is 5.96 Å². The Morgan fingerprint density at radius 3 is 2.52 bits per heavy atom. The molecular weight excluding hydrogens is 293 g/mol. The number of rotatable bonds is 6. The Morgan fingerprint density at radius 2 is 2.00 bits per heavy atom. The van der Waals surface area contributed by atoms with Crippen LogP contribution in [0.5, 0.6) is 0 Å². The van der Waals surface area contributed by atoms with Gasteiger partial charge in [-0.25, -0.2) is 4.39 Å². The number of halogens is 1. The Balaban J connectivity index is 2.45. The Bertz CT molecular complexity index is 523. The largest absolute Gasteiger partial charge is 0.379 e. The summed E-state index contributed by atoms with van der Waals surface area (Å²) in [6.07, 6.45) is 0.917. The zero-order chi connectivity index (χ0) is 17.5. The normalized spacial score (nSPS) is 13.8. The monoisotopic (exact) mass is 323 g/mol. The SMILES string of the molecule is CN=C(NCCc1ccc(F)cc1C)NCC(OC)C(C)(C)C. The molecule has 0 saturated carbocycles. The summed E-state index contributed by atoms with van der Waals surface area (Å²) >= 11 is 0. The van der Waals surface area contributed by atoms with Crippen molar-refractivity contribution in [2.75, 3.05) is 27.2 Å². The first kappa shape index (κ1) is 19.4. The van der Waals surface area contributed by atoms with Gasteiger partial charge in [-0.2, -0.15) is 0 Å². The lowest BCUT2D eigenvalue weighted by Gasteiger charge is -2.30. The zero-order valence-corrected chi connectivity index (χ0v) is 15.2. The average molecular weight is 323 g/mol. The van der Waals surface area contributed by atoms with E-state index >= 15 is 0 Å². The first-order chi connectivity index (χ1) is 10.8. The third kappa shape index (κ3) is 6.57. The number of nitrogens with one attached hydrogen (secondary N) is 2. The van der Waals surface area contributed by atoms with Gasteiger partial charge in [0, 0.05) is 27.2 Å². The summed E-state index contributed by atoms with van der Waals surface area (Å²) in [5.74, 6) is 0.556. The van der Waals surface area contributed by atoms with Gasteiger partial charge in [0.1, 0.15) is 5.82 Å². The summed E-state index contributed by atoms with van der Waals surface area (Å²) in [6.45, 7) is 9.80. The van der Waals surface area contributed by atoms with Crippen molar-refractivity contribution in [1.82, 2.24) is 10.6 Å². The van der Waals surface area contributed by atoms with Crippen LogP contribution in [0.25, 0.3) is 0 Å².